The Labute approximate surface area is 226 Å². The van der Waals surface area contributed by atoms with Crippen LogP contribution in [0.25, 0.3) is 17.5 Å². The molecule has 4 heterocycles. The number of pyridine rings is 1. The molecule has 9 nitrogen and oxygen atoms in total. The van der Waals surface area contributed by atoms with E-state index < -0.39 is 15.9 Å². The van der Waals surface area contributed by atoms with Crippen LogP contribution in [-0.2, 0) is 21.2 Å². The van der Waals surface area contributed by atoms with Gasteiger partial charge in [0, 0.05) is 50.6 Å². The average Bonchev–Trinajstić information content (AvgIpc) is 3.52. The maximum atomic E-state index is 12.7. The summed E-state index contributed by atoms with van der Waals surface area (Å²) in [7, 11) is 0.126. The van der Waals surface area contributed by atoms with Gasteiger partial charge in [0.1, 0.15) is 5.76 Å². The normalized spacial score (nSPS) is 14.9. The van der Waals surface area contributed by atoms with E-state index in [0.717, 1.165) is 34.1 Å². The number of aromatic nitrogens is 2. The molecule has 1 fully saturated rings. The Hall–Kier alpha value is -2.89. The fraction of sp³-hybridized carbons (Fsp3) is 0.400. The molecular formula is C25H30ClN5O4S2. The predicted octanol–water partition coefficient (Wildman–Crippen LogP) is 4.46. The second-order valence-electron chi connectivity index (χ2n) is 9.00. The number of nitrogens with one attached hydrogen (secondary N) is 1. The SMILES string of the molecule is CCc1cnc(-c2cnc(N3CCC(C(=O)NS(=O)(=O)CC=Cc4ccc(Cl)s4)CC3)c(N(C)C)c2)o1. The van der Waals surface area contributed by atoms with Crippen molar-refractivity contribution in [3.8, 4) is 11.5 Å². The molecule has 3 aromatic heterocycles. The summed E-state index contributed by atoms with van der Waals surface area (Å²) in [4.78, 5) is 26.7. The van der Waals surface area contributed by atoms with E-state index in [1.807, 2.05) is 38.1 Å². The van der Waals surface area contributed by atoms with Crippen LogP contribution in [0.2, 0.25) is 4.34 Å². The maximum Gasteiger partial charge on any atom is 0.238 e. The van der Waals surface area contributed by atoms with Gasteiger partial charge in [0.05, 0.1) is 27.5 Å². The molecule has 0 bridgehead atoms. The summed E-state index contributed by atoms with van der Waals surface area (Å²) >= 11 is 7.24. The molecule has 0 aromatic carbocycles. The number of carbonyl (C=O) groups is 1. The van der Waals surface area contributed by atoms with Crippen molar-refractivity contribution in [2.24, 2.45) is 5.92 Å². The van der Waals surface area contributed by atoms with E-state index in [1.165, 1.54) is 17.4 Å². The monoisotopic (exact) mass is 563 g/mol. The summed E-state index contributed by atoms with van der Waals surface area (Å²) in [5, 5.41) is 0. The lowest BCUT2D eigenvalue weighted by Gasteiger charge is -2.34. The Kier molecular flexibility index (Phi) is 8.56. The molecule has 0 radical (unpaired) electrons. The zero-order chi connectivity index (χ0) is 26.6. The van der Waals surface area contributed by atoms with Crippen molar-refractivity contribution < 1.29 is 17.6 Å². The fourth-order valence-corrected chi connectivity index (χ4v) is 5.98. The van der Waals surface area contributed by atoms with E-state index in [0.29, 0.717) is 36.2 Å². The van der Waals surface area contributed by atoms with Gasteiger partial charge >= 0.3 is 0 Å². The molecule has 0 aliphatic carbocycles. The Morgan fingerprint density at radius 3 is 2.65 bits per heavy atom. The number of thiophene rings is 1. The van der Waals surface area contributed by atoms with Crippen molar-refractivity contribution in [3.05, 3.63) is 51.6 Å². The van der Waals surface area contributed by atoms with Gasteiger partial charge in [-0.2, -0.15) is 0 Å². The predicted molar refractivity (Wildman–Crippen MR) is 149 cm³/mol. The van der Waals surface area contributed by atoms with Gasteiger partial charge in [-0.25, -0.2) is 18.4 Å². The lowest BCUT2D eigenvalue weighted by Crippen LogP contribution is -2.43. The summed E-state index contributed by atoms with van der Waals surface area (Å²) in [6.45, 7) is 3.18. The van der Waals surface area contributed by atoms with Gasteiger partial charge in [0.15, 0.2) is 5.82 Å². The molecule has 1 amide bonds. The first-order valence-corrected chi connectivity index (χ1v) is 14.8. The van der Waals surface area contributed by atoms with Crippen molar-refractivity contribution >= 4 is 56.4 Å². The highest BCUT2D eigenvalue weighted by Crippen LogP contribution is 2.33. The quantitative estimate of drug-likeness (QED) is 0.406. The van der Waals surface area contributed by atoms with Crippen LogP contribution in [0.1, 0.15) is 30.4 Å². The van der Waals surface area contributed by atoms with E-state index in [2.05, 4.69) is 14.6 Å². The van der Waals surface area contributed by atoms with Gasteiger partial charge in [-0.3, -0.25) is 9.52 Å². The topological polar surface area (TPSA) is 109 Å². The van der Waals surface area contributed by atoms with E-state index in [-0.39, 0.29) is 11.7 Å². The first-order chi connectivity index (χ1) is 17.6. The number of hydrogen-bond donors (Lipinski definition) is 1. The largest absolute Gasteiger partial charge is 0.441 e. The molecule has 1 N–H and O–H groups in total. The summed E-state index contributed by atoms with van der Waals surface area (Å²) in [6, 6.07) is 5.55. The van der Waals surface area contributed by atoms with Crippen LogP contribution in [0.3, 0.4) is 0 Å². The molecule has 1 aliphatic heterocycles. The molecule has 12 heteroatoms. The second-order valence-corrected chi connectivity index (χ2v) is 12.5. The number of rotatable bonds is 9. The van der Waals surface area contributed by atoms with E-state index in [9.17, 15) is 13.2 Å². The van der Waals surface area contributed by atoms with Crippen molar-refractivity contribution in [1.82, 2.24) is 14.7 Å². The van der Waals surface area contributed by atoms with Crippen molar-refractivity contribution in [3.63, 3.8) is 0 Å². The van der Waals surface area contributed by atoms with Gasteiger partial charge in [0.25, 0.3) is 0 Å². The molecule has 0 atom stereocenters. The number of aryl methyl sites for hydroxylation is 1. The second kappa shape index (κ2) is 11.7. The smallest absolute Gasteiger partial charge is 0.238 e. The van der Waals surface area contributed by atoms with Crippen LogP contribution < -0.4 is 14.5 Å². The number of amides is 1. The highest BCUT2D eigenvalue weighted by Gasteiger charge is 2.29. The number of anilines is 2. The Morgan fingerprint density at radius 1 is 1.27 bits per heavy atom. The maximum absolute atomic E-state index is 12.7. The van der Waals surface area contributed by atoms with E-state index in [4.69, 9.17) is 21.0 Å². The number of hydrogen-bond acceptors (Lipinski definition) is 9. The van der Waals surface area contributed by atoms with Gasteiger partial charge in [-0.05, 0) is 37.1 Å². The minimum Gasteiger partial charge on any atom is -0.441 e. The van der Waals surface area contributed by atoms with Gasteiger partial charge in [-0.1, -0.05) is 24.6 Å². The zero-order valence-electron chi connectivity index (χ0n) is 21.0. The number of carbonyl (C=O) groups excluding carboxylic acids is 1. The van der Waals surface area contributed by atoms with Crippen molar-refractivity contribution in [2.75, 3.05) is 42.7 Å². The molecular weight excluding hydrogens is 534 g/mol. The Bertz CT molecular complexity index is 1380. The number of halogens is 1. The average molecular weight is 564 g/mol. The number of sulfonamides is 1. The number of piperidine rings is 1. The zero-order valence-corrected chi connectivity index (χ0v) is 23.4. The fourth-order valence-electron chi connectivity index (χ4n) is 4.08. The minimum absolute atomic E-state index is 0.278. The summed E-state index contributed by atoms with van der Waals surface area (Å²) in [5.74, 6) is 1.04. The molecule has 0 unspecified atom stereocenters. The van der Waals surface area contributed by atoms with Crippen molar-refractivity contribution in [2.45, 2.75) is 26.2 Å². The van der Waals surface area contributed by atoms with Crippen LogP contribution in [0.5, 0.6) is 0 Å². The molecule has 3 aromatic rings. The molecule has 0 spiro atoms. The van der Waals surface area contributed by atoms with Crippen LogP contribution >= 0.6 is 22.9 Å². The third-order valence-electron chi connectivity index (χ3n) is 6.09. The van der Waals surface area contributed by atoms with Crippen LogP contribution in [0.15, 0.2) is 41.1 Å². The Balaban J connectivity index is 1.36. The van der Waals surface area contributed by atoms with E-state index in [1.54, 1.807) is 24.5 Å². The number of nitrogens with zero attached hydrogens (tertiary/aromatic N) is 4. The first kappa shape index (κ1) is 27.2. The standard InChI is InChI=1S/C25H30ClN5O4S2/c1-4-19-16-28-25(35-19)18-14-21(30(2)3)23(27-15-18)31-11-9-17(10-12-31)24(32)29-37(33,34)13-5-6-20-7-8-22(26)36-20/h5-8,14-17H,4,9-13H2,1-3H3,(H,29,32). The molecule has 0 saturated carbocycles. The highest BCUT2D eigenvalue weighted by molar-refractivity contribution is 7.90. The minimum atomic E-state index is -3.77. The molecule has 1 saturated heterocycles. The van der Waals surface area contributed by atoms with E-state index >= 15 is 0 Å². The lowest BCUT2D eigenvalue weighted by atomic mass is 9.96. The lowest BCUT2D eigenvalue weighted by molar-refractivity contribution is -0.123. The number of oxazole rings is 1. The van der Waals surface area contributed by atoms with Gasteiger partial charge in [-0.15, -0.1) is 11.3 Å². The third-order valence-corrected chi connectivity index (χ3v) is 8.43. The van der Waals surface area contributed by atoms with Crippen molar-refractivity contribution in [1.29, 1.82) is 0 Å². The molecule has 1 aliphatic rings. The molecule has 37 heavy (non-hydrogen) atoms. The van der Waals surface area contributed by atoms with Gasteiger partial charge < -0.3 is 14.2 Å². The molecule has 198 valence electrons. The van der Waals surface area contributed by atoms with Gasteiger partial charge in [0.2, 0.25) is 21.8 Å². The molecule has 4 rings (SSSR count). The third kappa shape index (κ3) is 6.91. The first-order valence-electron chi connectivity index (χ1n) is 12.0. The Morgan fingerprint density at radius 2 is 2.03 bits per heavy atom. The summed E-state index contributed by atoms with van der Waals surface area (Å²) < 4.78 is 33.5. The van der Waals surface area contributed by atoms with Crippen LogP contribution in [0, 0.1) is 5.92 Å². The summed E-state index contributed by atoms with van der Waals surface area (Å²) in [5.41, 5.74) is 1.71. The summed E-state index contributed by atoms with van der Waals surface area (Å²) in [6.07, 6.45) is 8.50. The van der Waals surface area contributed by atoms with Crippen LogP contribution in [0.4, 0.5) is 11.5 Å². The van der Waals surface area contributed by atoms with Crippen LogP contribution in [-0.4, -0.2) is 57.2 Å². The highest BCUT2D eigenvalue weighted by atomic mass is 35.5.